The summed E-state index contributed by atoms with van der Waals surface area (Å²) < 4.78 is 4.80. The van der Waals surface area contributed by atoms with E-state index in [4.69, 9.17) is 4.74 Å². The van der Waals surface area contributed by atoms with Crippen LogP contribution in [0.2, 0.25) is 0 Å². The molecule has 0 saturated heterocycles. The minimum atomic E-state index is -0.443. The van der Waals surface area contributed by atoms with Gasteiger partial charge in [0.1, 0.15) is 0 Å². The maximum atomic E-state index is 11.3. The summed E-state index contributed by atoms with van der Waals surface area (Å²) in [5, 5.41) is 16.2. The molecule has 1 aromatic rings. The number of carbonyl (C=O) groups is 1. The SMILES string of the molecule is COCCNC(=O)CNCc1cccc([N+](=O)[O-])c1. The quantitative estimate of drug-likeness (QED) is 0.405. The fourth-order valence-electron chi connectivity index (χ4n) is 1.46. The van der Waals surface area contributed by atoms with Crippen LogP contribution in [0, 0.1) is 10.1 Å². The predicted octanol–water partition coefficient (Wildman–Crippen LogP) is 0.447. The Kier molecular flexibility index (Phi) is 6.48. The average molecular weight is 267 g/mol. The van der Waals surface area contributed by atoms with Crippen molar-refractivity contribution < 1.29 is 14.5 Å². The molecule has 0 radical (unpaired) electrons. The van der Waals surface area contributed by atoms with Gasteiger partial charge in [0, 0.05) is 32.3 Å². The van der Waals surface area contributed by atoms with E-state index in [1.54, 1.807) is 19.2 Å². The number of benzene rings is 1. The Balaban J connectivity index is 2.31. The third-order valence-corrected chi connectivity index (χ3v) is 2.36. The molecule has 1 aromatic carbocycles. The highest BCUT2D eigenvalue weighted by Gasteiger charge is 2.05. The third kappa shape index (κ3) is 5.94. The minimum absolute atomic E-state index is 0.0452. The van der Waals surface area contributed by atoms with Gasteiger partial charge in [-0.2, -0.15) is 0 Å². The number of non-ortho nitro benzene ring substituents is 1. The van der Waals surface area contributed by atoms with Crippen LogP contribution < -0.4 is 10.6 Å². The van der Waals surface area contributed by atoms with Gasteiger partial charge >= 0.3 is 0 Å². The van der Waals surface area contributed by atoms with E-state index in [2.05, 4.69) is 10.6 Å². The molecule has 0 saturated carbocycles. The Morgan fingerprint density at radius 2 is 2.26 bits per heavy atom. The number of ether oxygens (including phenoxy) is 1. The van der Waals surface area contributed by atoms with Crippen molar-refractivity contribution in [2.45, 2.75) is 6.54 Å². The monoisotopic (exact) mass is 267 g/mol. The summed E-state index contributed by atoms with van der Waals surface area (Å²) in [7, 11) is 1.56. The third-order valence-electron chi connectivity index (χ3n) is 2.36. The number of hydrogen-bond donors (Lipinski definition) is 2. The van der Waals surface area contributed by atoms with Crippen LogP contribution in [0.4, 0.5) is 5.69 Å². The van der Waals surface area contributed by atoms with Crippen molar-refractivity contribution in [3.63, 3.8) is 0 Å². The van der Waals surface area contributed by atoms with Crippen LogP contribution >= 0.6 is 0 Å². The van der Waals surface area contributed by atoms with Crippen molar-refractivity contribution in [3.8, 4) is 0 Å². The number of nitro benzene ring substituents is 1. The second kappa shape index (κ2) is 8.17. The van der Waals surface area contributed by atoms with Crippen molar-refractivity contribution in [1.29, 1.82) is 0 Å². The second-order valence-corrected chi connectivity index (χ2v) is 3.87. The largest absolute Gasteiger partial charge is 0.383 e. The average Bonchev–Trinajstić information content (AvgIpc) is 2.39. The van der Waals surface area contributed by atoms with E-state index in [1.165, 1.54) is 12.1 Å². The molecular weight excluding hydrogens is 250 g/mol. The summed E-state index contributed by atoms with van der Waals surface area (Å²) >= 11 is 0. The Hall–Kier alpha value is -1.99. The van der Waals surface area contributed by atoms with Gasteiger partial charge in [-0.1, -0.05) is 12.1 Å². The zero-order valence-corrected chi connectivity index (χ0v) is 10.7. The van der Waals surface area contributed by atoms with E-state index in [1.807, 2.05) is 0 Å². The first-order valence-corrected chi connectivity index (χ1v) is 5.83. The predicted molar refractivity (Wildman–Crippen MR) is 69.7 cm³/mol. The summed E-state index contributed by atoms with van der Waals surface area (Å²) in [6.45, 7) is 1.50. The number of nitrogens with one attached hydrogen (secondary N) is 2. The molecule has 0 bridgehead atoms. The Bertz CT molecular complexity index is 437. The van der Waals surface area contributed by atoms with Gasteiger partial charge in [0.2, 0.25) is 5.91 Å². The summed E-state index contributed by atoms with van der Waals surface area (Å²) in [6, 6.07) is 6.30. The summed E-state index contributed by atoms with van der Waals surface area (Å²) in [5.41, 5.74) is 0.808. The summed E-state index contributed by atoms with van der Waals surface area (Å²) in [6.07, 6.45) is 0. The molecule has 0 atom stereocenters. The van der Waals surface area contributed by atoms with Crippen LogP contribution in [0.25, 0.3) is 0 Å². The van der Waals surface area contributed by atoms with E-state index in [0.29, 0.717) is 19.7 Å². The van der Waals surface area contributed by atoms with Gasteiger partial charge in [-0.3, -0.25) is 14.9 Å². The van der Waals surface area contributed by atoms with Crippen molar-refractivity contribution in [3.05, 3.63) is 39.9 Å². The lowest BCUT2D eigenvalue weighted by atomic mass is 10.2. The Labute approximate surface area is 111 Å². The number of amides is 1. The molecule has 0 unspecified atom stereocenters. The minimum Gasteiger partial charge on any atom is -0.383 e. The van der Waals surface area contributed by atoms with Gasteiger partial charge in [0.15, 0.2) is 0 Å². The topological polar surface area (TPSA) is 93.5 Å². The number of nitrogens with zero attached hydrogens (tertiary/aromatic N) is 1. The van der Waals surface area contributed by atoms with Gasteiger partial charge in [-0.25, -0.2) is 0 Å². The molecule has 0 spiro atoms. The maximum absolute atomic E-state index is 11.3. The fourth-order valence-corrected chi connectivity index (χ4v) is 1.46. The van der Waals surface area contributed by atoms with Gasteiger partial charge in [0.25, 0.3) is 5.69 Å². The highest BCUT2D eigenvalue weighted by Crippen LogP contribution is 2.12. The van der Waals surface area contributed by atoms with Crippen LogP contribution in [-0.4, -0.2) is 37.6 Å². The maximum Gasteiger partial charge on any atom is 0.269 e. The fraction of sp³-hybridized carbons (Fsp3) is 0.417. The molecule has 0 heterocycles. The lowest BCUT2D eigenvalue weighted by molar-refractivity contribution is -0.384. The number of hydrogen-bond acceptors (Lipinski definition) is 5. The molecule has 2 N–H and O–H groups in total. The molecule has 0 aromatic heterocycles. The van der Waals surface area contributed by atoms with E-state index >= 15 is 0 Å². The summed E-state index contributed by atoms with van der Waals surface area (Å²) in [4.78, 5) is 21.5. The van der Waals surface area contributed by atoms with Gasteiger partial charge in [-0.15, -0.1) is 0 Å². The van der Waals surface area contributed by atoms with Crippen molar-refractivity contribution >= 4 is 11.6 Å². The van der Waals surface area contributed by atoms with Gasteiger partial charge < -0.3 is 15.4 Å². The van der Waals surface area contributed by atoms with E-state index in [9.17, 15) is 14.9 Å². The zero-order valence-electron chi connectivity index (χ0n) is 10.7. The van der Waals surface area contributed by atoms with Crippen molar-refractivity contribution in [2.75, 3.05) is 26.8 Å². The number of carbonyl (C=O) groups excluding carboxylic acids is 1. The van der Waals surface area contributed by atoms with Gasteiger partial charge in [-0.05, 0) is 5.56 Å². The molecule has 0 aliphatic carbocycles. The first kappa shape index (κ1) is 15.1. The normalized spacial score (nSPS) is 10.2. The molecule has 1 amide bonds. The molecule has 19 heavy (non-hydrogen) atoms. The highest BCUT2D eigenvalue weighted by atomic mass is 16.6. The molecular formula is C12H17N3O4. The van der Waals surface area contributed by atoms with Crippen molar-refractivity contribution in [1.82, 2.24) is 10.6 Å². The standard InChI is InChI=1S/C12H17N3O4/c1-19-6-5-14-12(16)9-13-8-10-3-2-4-11(7-10)15(17)18/h2-4,7,13H,5-6,8-9H2,1H3,(H,14,16). The molecule has 0 aliphatic heterocycles. The van der Waals surface area contributed by atoms with Crippen LogP contribution in [0.1, 0.15) is 5.56 Å². The Morgan fingerprint density at radius 1 is 1.47 bits per heavy atom. The second-order valence-electron chi connectivity index (χ2n) is 3.87. The van der Waals surface area contributed by atoms with Crippen LogP contribution in [0.15, 0.2) is 24.3 Å². The molecule has 7 nitrogen and oxygen atoms in total. The van der Waals surface area contributed by atoms with Crippen LogP contribution in [0.5, 0.6) is 0 Å². The molecule has 1 rings (SSSR count). The van der Waals surface area contributed by atoms with E-state index < -0.39 is 4.92 Å². The summed E-state index contributed by atoms with van der Waals surface area (Å²) in [5.74, 6) is -0.137. The van der Waals surface area contributed by atoms with Crippen LogP contribution in [-0.2, 0) is 16.1 Å². The number of methoxy groups -OCH3 is 1. The number of rotatable bonds is 8. The smallest absolute Gasteiger partial charge is 0.269 e. The molecule has 104 valence electrons. The zero-order chi connectivity index (χ0) is 14.1. The molecule has 7 heteroatoms. The first-order valence-electron chi connectivity index (χ1n) is 5.83. The van der Waals surface area contributed by atoms with Crippen LogP contribution in [0.3, 0.4) is 0 Å². The number of nitro groups is 1. The van der Waals surface area contributed by atoms with Crippen molar-refractivity contribution in [2.24, 2.45) is 0 Å². The van der Waals surface area contributed by atoms with E-state index in [0.717, 1.165) is 5.56 Å². The first-order chi connectivity index (χ1) is 9.13. The van der Waals surface area contributed by atoms with E-state index in [-0.39, 0.29) is 18.1 Å². The molecule has 0 fully saturated rings. The lowest BCUT2D eigenvalue weighted by Crippen LogP contribution is -2.35. The van der Waals surface area contributed by atoms with Gasteiger partial charge in [0.05, 0.1) is 18.1 Å². The highest BCUT2D eigenvalue weighted by molar-refractivity contribution is 5.77. The Morgan fingerprint density at radius 3 is 2.95 bits per heavy atom. The lowest BCUT2D eigenvalue weighted by Gasteiger charge is -2.06. The molecule has 0 aliphatic rings.